The molecule has 0 aliphatic carbocycles. The largest absolute Gasteiger partial charge is 0.380 e. The van der Waals surface area contributed by atoms with Crippen LogP contribution < -0.4 is 10.9 Å². The van der Waals surface area contributed by atoms with Crippen molar-refractivity contribution < 1.29 is 4.74 Å². The van der Waals surface area contributed by atoms with Crippen LogP contribution in [0.25, 0.3) is 0 Å². The Hall–Kier alpha value is 0.230. The molecule has 56 valence electrons. The van der Waals surface area contributed by atoms with Gasteiger partial charge in [0.1, 0.15) is 0 Å². The first-order valence-corrected chi connectivity index (χ1v) is 4.06. The molecule has 0 aliphatic rings. The van der Waals surface area contributed by atoms with E-state index in [1.54, 1.807) is 0 Å². The molecule has 0 saturated carbocycles. The number of hydrogen-bond donors (Lipinski definition) is 2. The number of hydrogen-bond acceptors (Lipinski definition) is 4. The minimum Gasteiger partial charge on any atom is -0.380 e. The van der Waals surface area contributed by atoms with Gasteiger partial charge in [-0.05, 0) is 13.0 Å². The third-order valence-corrected chi connectivity index (χ3v) is 1.24. The molecule has 0 fully saturated rings. The molecule has 0 amide bonds. The number of nitrogens with two attached hydrogens (primary N) is 2. The van der Waals surface area contributed by atoms with E-state index in [4.69, 9.17) is 15.6 Å². The van der Waals surface area contributed by atoms with Crippen LogP contribution in [-0.4, -0.2) is 25.5 Å². The van der Waals surface area contributed by atoms with Crippen LogP contribution >= 0.6 is 11.9 Å². The lowest BCUT2D eigenvalue weighted by Crippen LogP contribution is -2.06. The van der Waals surface area contributed by atoms with Crippen molar-refractivity contribution in [2.75, 3.05) is 25.5 Å². The van der Waals surface area contributed by atoms with Crippen LogP contribution in [0.4, 0.5) is 0 Å². The van der Waals surface area contributed by atoms with Gasteiger partial charge >= 0.3 is 0 Å². The quantitative estimate of drug-likeness (QED) is 0.412. The third kappa shape index (κ3) is 8.23. The molecule has 0 radical (unpaired) electrons. The van der Waals surface area contributed by atoms with E-state index in [0.29, 0.717) is 6.54 Å². The zero-order chi connectivity index (χ0) is 6.95. The highest BCUT2D eigenvalue weighted by molar-refractivity contribution is 7.97. The van der Waals surface area contributed by atoms with Crippen LogP contribution in [0.2, 0.25) is 0 Å². The molecule has 0 aromatic carbocycles. The van der Waals surface area contributed by atoms with Gasteiger partial charge in [-0.1, -0.05) is 11.9 Å². The topological polar surface area (TPSA) is 61.3 Å². The van der Waals surface area contributed by atoms with Gasteiger partial charge in [0, 0.05) is 12.4 Å². The van der Waals surface area contributed by atoms with E-state index in [1.165, 1.54) is 11.9 Å². The van der Waals surface area contributed by atoms with Crippen LogP contribution in [-0.2, 0) is 4.74 Å². The molecule has 0 aromatic heterocycles. The van der Waals surface area contributed by atoms with Crippen LogP contribution in [0, 0.1) is 0 Å². The summed E-state index contributed by atoms with van der Waals surface area (Å²) in [6.45, 7) is 2.20. The molecule has 0 heterocycles. The summed E-state index contributed by atoms with van der Waals surface area (Å²) in [5, 5.41) is 5.16. The second kappa shape index (κ2) is 8.23. The molecule has 0 rings (SSSR count). The van der Waals surface area contributed by atoms with Crippen molar-refractivity contribution in [1.82, 2.24) is 0 Å². The summed E-state index contributed by atoms with van der Waals surface area (Å²) in [4.78, 5) is 0. The Balaban J connectivity index is 2.60. The molecule has 0 spiro atoms. The lowest BCUT2D eigenvalue weighted by atomic mass is 10.5. The van der Waals surface area contributed by atoms with Crippen molar-refractivity contribution in [3.05, 3.63) is 0 Å². The predicted octanol–water partition coefficient (Wildman–Crippen LogP) is -0.0413. The Morgan fingerprint density at radius 2 is 2.11 bits per heavy atom. The fraction of sp³-hybridized carbons (Fsp3) is 1.00. The monoisotopic (exact) mass is 150 g/mol. The smallest absolute Gasteiger partial charge is 0.0569 e. The summed E-state index contributed by atoms with van der Waals surface area (Å²) in [6.07, 6.45) is 0.940. The van der Waals surface area contributed by atoms with E-state index in [2.05, 4.69) is 0 Å². The van der Waals surface area contributed by atoms with Crippen LogP contribution in [0.3, 0.4) is 0 Å². The lowest BCUT2D eigenvalue weighted by Gasteiger charge is -1.99. The Morgan fingerprint density at radius 1 is 1.33 bits per heavy atom. The summed E-state index contributed by atoms with van der Waals surface area (Å²) in [6, 6.07) is 0. The van der Waals surface area contributed by atoms with Gasteiger partial charge in [-0.25, -0.2) is 0 Å². The van der Waals surface area contributed by atoms with Gasteiger partial charge in [0.05, 0.1) is 6.61 Å². The molecule has 0 bridgehead atoms. The summed E-state index contributed by atoms with van der Waals surface area (Å²) in [5.74, 6) is 0.866. The van der Waals surface area contributed by atoms with Gasteiger partial charge in [-0.3, -0.25) is 5.14 Å². The first-order valence-electron chi connectivity index (χ1n) is 3.01. The predicted molar refractivity (Wildman–Crippen MR) is 41.1 cm³/mol. The Bertz CT molecular complexity index is 48.2. The molecule has 4 heteroatoms. The van der Waals surface area contributed by atoms with Gasteiger partial charge in [-0.2, -0.15) is 0 Å². The zero-order valence-electron chi connectivity index (χ0n) is 5.51. The van der Waals surface area contributed by atoms with Crippen LogP contribution in [0.5, 0.6) is 0 Å². The molecule has 9 heavy (non-hydrogen) atoms. The minimum atomic E-state index is 0.704. The third-order valence-electron chi connectivity index (χ3n) is 0.838. The Kier molecular flexibility index (Phi) is 8.44. The molecule has 0 unspecified atom stereocenters. The SMILES string of the molecule is NCCCOCCSN. The van der Waals surface area contributed by atoms with Gasteiger partial charge in [0.2, 0.25) is 0 Å². The Morgan fingerprint density at radius 3 is 2.67 bits per heavy atom. The van der Waals surface area contributed by atoms with Crippen LogP contribution in [0.15, 0.2) is 0 Å². The molecular formula is C5H14N2OS. The van der Waals surface area contributed by atoms with Gasteiger partial charge < -0.3 is 10.5 Å². The maximum atomic E-state index is 5.23. The average molecular weight is 150 g/mol. The second-order valence-electron chi connectivity index (χ2n) is 1.63. The fourth-order valence-electron chi connectivity index (χ4n) is 0.394. The molecule has 0 atom stereocenters. The summed E-state index contributed by atoms with van der Waals surface area (Å²) >= 11 is 1.30. The number of ether oxygens (including phenoxy) is 1. The zero-order valence-corrected chi connectivity index (χ0v) is 6.32. The van der Waals surface area contributed by atoms with E-state index < -0.39 is 0 Å². The van der Waals surface area contributed by atoms with Gasteiger partial charge in [-0.15, -0.1) is 0 Å². The summed E-state index contributed by atoms with van der Waals surface area (Å²) < 4.78 is 5.13. The van der Waals surface area contributed by atoms with Gasteiger partial charge in [0.25, 0.3) is 0 Å². The van der Waals surface area contributed by atoms with Gasteiger partial charge in [0.15, 0.2) is 0 Å². The van der Waals surface area contributed by atoms with Crippen molar-refractivity contribution in [3.8, 4) is 0 Å². The molecule has 0 saturated heterocycles. The van der Waals surface area contributed by atoms with E-state index in [9.17, 15) is 0 Å². The molecule has 0 aliphatic heterocycles. The van der Waals surface area contributed by atoms with Crippen molar-refractivity contribution in [1.29, 1.82) is 0 Å². The molecule has 0 aromatic rings. The van der Waals surface area contributed by atoms with Crippen LogP contribution in [0.1, 0.15) is 6.42 Å². The van der Waals surface area contributed by atoms with E-state index >= 15 is 0 Å². The van der Waals surface area contributed by atoms with E-state index in [-0.39, 0.29) is 0 Å². The first kappa shape index (κ1) is 9.23. The van der Waals surface area contributed by atoms with E-state index in [0.717, 1.165) is 25.4 Å². The van der Waals surface area contributed by atoms with Crippen molar-refractivity contribution >= 4 is 11.9 Å². The number of rotatable bonds is 6. The maximum Gasteiger partial charge on any atom is 0.0569 e. The van der Waals surface area contributed by atoms with Crippen molar-refractivity contribution in [2.24, 2.45) is 10.9 Å². The molecule has 4 N–H and O–H groups in total. The van der Waals surface area contributed by atoms with E-state index in [1.807, 2.05) is 0 Å². The Labute approximate surface area is 60.3 Å². The highest BCUT2D eigenvalue weighted by Gasteiger charge is 1.85. The maximum absolute atomic E-state index is 5.23. The highest BCUT2D eigenvalue weighted by Crippen LogP contribution is 1.86. The summed E-state index contributed by atoms with van der Waals surface area (Å²) in [5.41, 5.74) is 5.23. The second-order valence-corrected chi connectivity index (χ2v) is 2.37. The summed E-state index contributed by atoms with van der Waals surface area (Å²) in [7, 11) is 0. The highest BCUT2D eigenvalue weighted by atomic mass is 32.2. The normalized spacial score (nSPS) is 10.0. The minimum absolute atomic E-state index is 0.704. The molecular weight excluding hydrogens is 136 g/mol. The van der Waals surface area contributed by atoms with Crippen molar-refractivity contribution in [3.63, 3.8) is 0 Å². The standard InChI is InChI=1S/C5H14N2OS/c6-2-1-3-8-4-5-9-7/h1-7H2. The lowest BCUT2D eigenvalue weighted by molar-refractivity contribution is 0.149. The average Bonchev–Trinajstić information content (AvgIpc) is 1.89. The molecule has 3 nitrogen and oxygen atoms in total. The first-order chi connectivity index (χ1) is 4.41. The fourth-order valence-corrected chi connectivity index (χ4v) is 0.609. The van der Waals surface area contributed by atoms with Crippen molar-refractivity contribution in [2.45, 2.75) is 6.42 Å².